The average Bonchev–Trinajstić information content (AvgIpc) is 2.51. The van der Waals surface area contributed by atoms with Gasteiger partial charge in [-0.15, -0.1) is 0 Å². The Bertz CT molecular complexity index is 214. The van der Waals surface area contributed by atoms with Gasteiger partial charge in [-0.1, -0.05) is 26.2 Å². The van der Waals surface area contributed by atoms with Crippen LogP contribution < -0.4 is 5.32 Å². The lowest BCUT2D eigenvalue weighted by molar-refractivity contribution is -0.119. The number of nitrogens with one attached hydrogen (secondary N) is 1. The highest BCUT2D eigenvalue weighted by Gasteiger charge is 2.26. The summed E-state index contributed by atoms with van der Waals surface area (Å²) in [4.78, 5) is 11.0. The summed E-state index contributed by atoms with van der Waals surface area (Å²) in [6.45, 7) is 2.36. The van der Waals surface area contributed by atoms with Gasteiger partial charge >= 0.3 is 0 Å². The van der Waals surface area contributed by atoms with Crippen LogP contribution >= 0.6 is 0 Å². The Morgan fingerprint density at radius 2 is 2.21 bits per heavy atom. The Balaban J connectivity index is 1.76. The minimum Gasteiger partial charge on any atom is -0.353 e. The second-order valence-corrected chi connectivity index (χ2v) is 5.18. The SMILES string of the molecule is CC1CCCC(CC2CCC(=O)N2)C1. The van der Waals surface area contributed by atoms with Crippen LogP contribution in [0.4, 0.5) is 0 Å². The molecule has 2 aliphatic rings. The zero-order chi connectivity index (χ0) is 9.97. The van der Waals surface area contributed by atoms with Crippen LogP contribution in [0.3, 0.4) is 0 Å². The number of hydrogen-bond acceptors (Lipinski definition) is 1. The lowest BCUT2D eigenvalue weighted by Crippen LogP contribution is -2.29. The monoisotopic (exact) mass is 195 g/mol. The first kappa shape index (κ1) is 10.0. The summed E-state index contributed by atoms with van der Waals surface area (Å²) >= 11 is 0. The zero-order valence-electron chi connectivity index (χ0n) is 9.09. The van der Waals surface area contributed by atoms with E-state index in [-0.39, 0.29) is 5.91 Å². The highest BCUT2D eigenvalue weighted by Crippen LogP contribution is 2.32. The van der Waals surface area contributed by atoms with Gasteiger partial charge in [0.1, 0.15) is 0 Å². The highest BCUT2D eigenvalue weighted by molar-refractivity contribution is 5.78. The molecule has 2 fully saturated rings. The summed E-state index contributed by atoms with van der Waals surface area (Å²) < 4.78 is 0. The molecule has 1 aliphatic heterocycles. The maximum absolute atomic E-state index is 11.0. The number of carbonyl (C=O) groups excluding carboxylic acids is 1. The van der Waals surface area contributed by atoms with Gasteiger partial charge in [-0.3, -0.25) is 4.79 Å². The summed E-state index contributed by atoms with van der Waals surface area (Å²) in [5, 5.41) is 3.08. The van der Waals surface area contributed by atoms with Gasteiger partial charge in [-0.2, -0.15) is 0 Å². The molecule has 0 bridgehead atoms. The molecule has 0 spiro atoms. The largest absolute Gasteiger partial charge is 0.353 e. The van der Waals surface area contributed by atoms with Gasteiger partial charge in [0.25, 0.3) is 0 Å². The first-order valence-electron chi connectivity index (χ1n) is 6.03. The van der Waals surface area contributed by atoms with E-state index in [0.29, 0.717) is 6.04 Å². The molecule has 14 heavy (non-hydrogen) atoms. The van der Waals surface area contributed by atoms with Crippen molar-refractivity contribution in [2.24, 2.45) is 11.8 Å². The lowest BCUT2D eigenvalue weighted by atomic mass is 9.79. The first-order valence-corrected chi connectivity index (χ1v) is 6.03. The molecule has 3 unspecified atom stereocenters. The summed E-state index contributed by atoms with van der Waals surface area (Å²) in [5.41, 5.74) is 0. The van der Waals surface area contributed by atoms with Gasteiger partial charge in [0.05, 0.1) is 0 Å². The highest BCUT2D eigenvalue weighted by atomic mass is 16.1. The van der Waals surface area contributed by atoms with Crippen LogP contribution in [0, 0.1) is 11.8 Å². The van der Waals surface area contributed by atoms with Crippen molar-refractivity contribution in [3.8, 4) is 0 Å². The molecule has 1 aliphatic carbocycles. The van der Waals surface area contributed by atoms with Crippen LogP contribution in [0.5, 0.6) is 0 Å². The molecule has 0 aromatic heterocycles. The fraction of sp³-hybridized carbons (Fsp3) is 0.917. The number of amides is 1. The Hall–Kier alpha value is -0.530. The molecular formula is C12H21NO. The normalized spacial score (nSPS) is 38.4. The van der Waals surface area contributed by atoms with E-state index in [1.54, 1.807) is 0 Å². The Morgan fingerprint density at radius 3 is 2.86 bits per heavy atom. The van der Waals surface area contributed by atoms with Crippen molar-refractivity contribution in [1.82, 2.24) is 5.32 Å². The first-order chi connectivity index (χ1) is 6.74. The maximum atomic E-state index is 11.0. The van der Waals surface area contributed by atoms with E-state index < -0.39 is 0 Å². The van der Waals surface area contributed by atoms with Gasteiger partial charge in [0, 0.05) is 12.5 Å². The minimum atomic E-state index is 0.263. The van der Waals surface area contributed by atoms with Gasteiger partial charge < -0.3 is 5.32 Å². The van der Waals surface area contributed by atoms with Crippen molar-refractivity contribution in [2.75, 3.05) is 0 Å². The molecule has 0 aromatic carbocycles. The summed E-state index contributed by atoms with van der Waals surface area (Å²) in [5.74, 6) is 2.05. The van der Waals surface area contributed by atoms with Gasteiger partial charge in [0.15, 0.2) is 0 Å². The molecule has 3 atom stereocenters. The molecule has 1 saturated carbocycles. The van der Waals surface area contributed by atoms with Gasteiger partial charge in [-0.05, 0) is 31.1 Å². The molecule has 2 rings (SSSR count). The second kappa shape index (κ2) is 4.33. The van der Waals surface area contributed by atoms with Crippen LogP contribution in [0.2, 0.25) is 0 Å². The third-order valence-corrected chi connectivity index (χ3v) is 3.75. The number of rotatable bonds is 2. The molecule has 1 heterocycles. The van der Waals surface area contributed by atoms with Crippen LogP contribution in [0.25, 0.3) is 0 Å². The van der Waals surface area contributed by atoms with Crippen molar-refractivity contribution in [3.63, 3.8) is 0 Å². The van der Waals surface area contributed by atoms with E-state index in [0.717, 1.165) is 24.7 Å². The molecule has 1 N–H and O–H groups in total. The van der Waals surface area contributed by atoms with E-state index in [1.807, 2.05) is 0 Å². The Labute approximate surface area is 86.5 Å². The van der Waals surface area contributed by atoms with Crippen molar-refractivity contribution >= 4 is 5.91 Å². The standard InChI is InChI=1S/C12H21NO/c1-9-3-2-4-10(7-9)8-11-5-6-12(14)13-11/h9-11H,2-8H2,1H3,(H,13,14). The lowest BCUT2D eigenvalue weighted by Gasteiger charge is -2.28. The topological polar surface area (TPSA) is 29.1 Å². The number of hydrogen-bond donors (Lipinski definition) is 1. The van der Waals surface area contributed by atoms with E-state index in [2.05, 4.69) is 12.2 Å². The Kier molecular flexibility index (Phi) is 3.09. The van der Waals surface area contributed by atoms with Gasteiger partial charge in [0.2, 0.25) is 5.91 Å². The van der Waals surface area contributed by atoms with E-state index >= 15 is 0 Å². The molecule has 1 amide bonds. The maximum Gasteiger partial charge on any atom is 0.220 e. The summed E-state index contributed by atoms with van der Waals surface area (Å²) in [7, 11) is 0. The quantitative estimate of drug-likeness (QED) is 0.720. The average molecular weight is 195 g/mol. The van der Waals surface area contributed by atoms with Crippen LogP contribution in [-0.2, 0) is 4.79 Å². The predicted octanol–water partition coefficient (Wildman–Crippen LogP) is 2.48. The van der Waals surface area contributed by atoms with E-state index in [4.69, 9.17) is 0 Å². The van der Waals surface area contributed by atoms with Crippen LogP contribution in [0.1, 0.15) is 51.9 Å². The van der Waals surface area contributed by atoms with Crippen LogP contribution in [-0.4, -0.2) is 11.9 Å². The van der Waals surface area contributed by atoms with E-state index in [9.17, 15) is 4.79 Å². The van der Waals surface area contributed by atoms with Crippen LogP contribution in [0.15, 0.2) is 0 Å². The van der Waals surface area contributed by atoms with Crippen molar-refractivity contribution < 1.29 is 4.79 Å². The van der Waals surface area contributed by atoms with Crippen molar-refractivity contribution in [2.45, 2.75) is 57.9 Å². The fourth-order valence-corrected chi connectivity index (χ4v) is 3.03. The summed E-state index contributed by atoms with van der Waals surface area (Å²) in [6, 6.07) is 0.498. The minimum absolute atomic E-state index is 0.263. The molecule has 0 radical (unpaired) electrons. The van der Waals surface area contributed by atoms with Crippen molar-refractivity contribution in [1.29, 1.82) is 0 Å². The smallest absolute Gasteiger partial charge is 0.220 e. The molecule has 1 saturated heterocycles. The molecule has 2 nitrogen and oxygen atoms in total. The molecule has 0 aromatic rings. The predicted molar refractivity (Wildman–Crippen MR) is 56.9 cm³/mol. The third-order valence-electron chi connectivity index (χ3n) is 3.75. The third kappa shape index (κ3) is 2.49. The summed E-state index contributed by atoms with van der Waals surface area (Å²) in [6.07, 6.45) is 8.63. The molecule has 2 heteroatoms. The van der Waals surface area contributed by atoms with Crippen molar-refractivity contribution in [3.05, 3.63) is 0 Å². The second-order valence-electron chi connectivity index (χ2n) is 5.18. The van der Waals surface area contributed by atoms with E-state index in [1.165, 1.54) is 32.1 Å². The number of carbonyl (C=O) groups is 1. The van der Waals surface area contributed by atoms with Gasteiger partial charge in [-0.25, -0.2) is 0 Å². The molecular weight excluding hydrogens is 174 g/mol. The Morgan fingerprint density at radius 1 is 1.36 bits per heavy atom. The zero-order valence-corrected chi connectivity index (χ0v) is 9.09. The fourth-order valence-electron chi connectivity index (χ4n) is 3.03. The molecule has 80 valence electrons.